The standard InChI is InChI=1S/C24H25BrN2O3/c1-4-29-16(2)15-20-9-14-23(17(3)26-20)24(28)27-19-7-12-22(13-8-19)30-21-10-5-18(25)6-11-21/h5-14,16H,4,15H2,1-3H3,(H,27,28). The SMILES string of the molecule is CCOC(C)Cc1ccc(C(=O)Nc2ccc(Oc3ccc(Br)cc3)cc2)c(C)n1. The number of carbonyl (C=O) groups excluding carboxylic acids is 1. The van der Waals surface area contributed by atoms with Crippen LogP contribution in [0.4, 0.5) is 5.69 Å². The van der Waals surface area contributed by atoms with E-state index in [2.05, 4.69) is 26.2 Å². The van der Waals surface area contributed by atoms with Gasteiger partial charge in [0.2, 0.25) is 0 Å². The number of aromatic nitrogens is 1. The Labute approximate surface area is 185 Å². The number of nitrogens with one attached hydrogen (secondary N) is 1. The molecule has 3 aromatic rings. The number of benzene rings is 2. The maximum atomic E-state index is 12.7. The fourth-order valence-electron chi connectivity index (χ4n) is 3.05. The normalized spacial score (nSPS) is 11.7. The summed E-state index contributed by atoms with van der Waals surface area (Å²) in [6, 6.07) is 18.6. The van der Waals surface area contributed by atoms with Crippen LogP contribution in [-0.2, 0) is 11.2 Å². The van der Waals surface area contributed by atoms with Crippen LogP contribution in [0.1, 0.15) is 35.6 Å². The molecule has 1 N–H and O–H groups in total. The molecule has 1 aromatic heterocycles. The Kier molecular flexibility index (Phi) is 7.60. The first-order valence-electron chi connectivity index (χ1n) is 9.87. The van der Waals surface area contributed by atoms with E-state index >= 15 is 0 Å². The van der Waals surface area contributed by atoms with Crippen molar-refractivity contribution in [3.05, 3.63) is 82.1 Å². The molecular weight excluding hydrogens is 444 g/mol. The number of pyridine rings is 1. The number of hydrogen-bond donors (Lipinski definition) is 1. The van der Waals surface area contributed by atoms with Crippen LogP contribution < -0.4 is 10.1 Å². The monoisotopic (exact) mass is 468 g/mol. The summed E-state index contributed by atoms with van der Waals surface area (Å²) in [6.07, 6.45) is 0.816. The van der Waals surface area contributed by atoms with Crippen molar-refractivity contribution < 1.29 is 14.3 Å². The molecule has 0 aliphatic rings. The number of ether oxygens (including phenoxy) is 2. The van der Waals surface area contributed by atoms with Crippen molar-refractivity contribution in [3.63, 3.8) is 0 Å². The van der Waals surface area contributed by atoms with Gasteiger partial charge in [0.25, 0.3) is 5.91 Å². The molecule has 1 atom stereocenters. The van der Waals surface area contributed by atoms with Crippen LogP contribution in [0, 0.1) is 6.92 Å². The van der Waals surface area contributed by atoms with Gasteiger partial charge in [-0.2, -0.15) is 0 Å². The first kappa shape index (κ1) is 22.0. The number of carbonyl (C=O) groups is 1. The average Bonchev–Trinajstić information content (AvgIpc) is 2.71. The van der Waals surface area contributed by atoms with Crippen molar-refractivity contribution >= 4 is 27.5 Å². The fourth-order valence-corrected chi connectivity index (χ4v) is 3.31. The predicted molar refractivity (Wildman–Crippen MR) is 122 cm³/mol. The summed E-state index contributed by atoms with van der Waals surface area (Å²) in [5, 5.41) is 2.91. The topological polar surface area (TPSA) is 60.5 Å². The number of amides is 1. The molecule has 6 heteroatoms. The van der Waals surface area contributed by atoms with Crippen LogP contribution in [0.25, 0.3) is 0 Å². The Morgan fingerprint density at radius 1 is 1.03 bits per heavy atom. The Balaban J connectivity index is 1.62. The summed E-state index contributed by atoms with van der Waals surface area (Å²) >= 11 is 3.40. The third-order valence-corrected chi connectivity index (χ3v) is 5.03. The Hall–Kier alpha value is -2.70. The van der Waals surface area contributed by atoms with E-state index in [1.54, 1.807) is 0 Å². The summed E-state index contributed by atoms with van der Waals surface area (Å²) in [7, 11) is 0. The van der Waals surface area contributed by atoms with Gasteiger partial charge >= 0.3 is 0 Å². The summed E-state index contributed by atoms with van der Waals surface area (Å²) < 4.78 is 12.4. The maximum Gasteiger partial charge on any atom is 0.257 e. The minimum atomic E-state index is -0.189. The van der Waals surface area contributed by atoms with Crippen molar-refractivity contribution in [2.45, 2.75) is 33.3 Å². The molecule has 1 amide bonds. The van der Waals surface area contributed by atoms with Gasteiger partial charge in [-0.05, 0) is 81.4 Å². The molecule has 156 valence electrons. The molecule has 0 fully saturated rings. The van der Waals surface area contributed by atoms with Gasteiger partial charge in [0, 0.05) is 28.9 Å². The van der Waals surface area contributed by atoms with Crippen molar-refractivity contribution in [1.82, 2.24) is 4.98 Å². The third kappa shape index (κ3) is 6.15. The molecule has 1 unspecified atom stereocenters. The van der Waals surface area contributed by atoms with E-state index in [0.717, 1.165) is 22.3 Å². The molecule has 0 radical (unpaired) electrons. The van der Waals surface area contributed by atoms with E-state index in [1.807, 2.05) is 81.4 Å². The van der Waals surface area contributed by atoms with Crippen LogP contribution >= 0.6 is 15.9 Å². The van der Waals surface area contributed by atoms with Gasteiger partial charge in [-0.15, -0.1) is 0 Å². The summed E-state index contributed by atoms with van der Waals surface area (Å²) in [5.74, 6) is 1.25. The molecule has 3 rings (SSSR count). The average molecular weight is 469 g/mol. The summed E-state index contributed by atoms with van der Waals surface area (Å²) in [4.78, 5) is 17.2. The van der Waals surface area contributed by atoms with E-state index in [4.69, 9.17) is 9.47 Å². The van der Waals surface area contributed by atoms with Crippen molar-refractivity contribution in [2.24, 2.45) is 0 Å². The first-order chi connectivity index (χ1) is 14.4. The van der Waals surface area contributed by atoms with Crippen molar-refractivity contribution in [1.29, 1.82) is 0 Å². The lowest BCUT2D eigenvalue weighted by Gasteiger charge is -2.13. The first-order valence-corrected chi connectivity index (χ1v) is 10.7. The van der Waals surface area contributed by atoms with Gasteiger partial charge in [0.05, 0.1) is 17.4 Å². The van der Waals surface area contributed by atoms with Crippen molar-refractivity contribution in [3.8, 4) is 11.5 Å². The van der Waals surface area contributed by atoms with Crippen LogP contribution in [0.15, 0.2) is 65.1 Å². The van der Waals surface area contributed by atoms with Gasteiger partial charge in [-0.1, -0.05) is 15.9 Å². The predicted octanol–water partition coefficient (Wildman–Crippen LogP) is 6.16. The highest BCUT2D eigenvalue weighted by molar-refractivity contribution is 9.10. The number of aryl methyl sites for hydroxylation is 1. The van der Waals surface area contributed by atoms with Crippen LogP contribution in [-0.4, -0.2) is 23.6 Å². The van der Waals surface area contributed by atoms with E-state index in [-0.39, 0.29) is 12.0 Å². The van der Waals surface area contributed by atoms with Gasteiger partial charge in [0.15, 0.2) is 0 Å². The second-order valence-electron chi connectivity index (χ2n) is 6.94. The number of hydrogen-bond acceptors (Lipinski definition) is 4. The quantitative estimate of drug-likeness (QED) is 0.429. The Bertz CT molecular complexity index is 988. The molecule has 0 spiro atoms. The van der Waals surface area contributed by atoms with Crippen LogP contribution in [0.5, 0.6) is 11.5 Å². The number of anilines is 1. The van der Waals surface area contributed by atoms with E-state index in [0.29, 0.717) is 29.3 Å². The summed E-state index contributed by atoms with van der Waals surface area (Å²) in [6.45, 7) is 6.51. The highest BCUT2D eigenvalue weighted by Gasteiger charge is 2.13. The zero-order chi connectivity index (χ0) is 21.5. The minimum absolute atomic E-state index is 0.0970. The molecular formula is C24H25BrN2O3. The lowest BCUT2D eigenvalue weighted by atomic mass is 10.1. The molecule has 2 aromatic carbocycles. The molecule has 0 bridgehead atoms. The zero-order valence-corrected chi connectivity index (χ0v) is 18.9. The highest BCUT2D eigenvalue weighted by atomic mass is 79.9. The molecule has 0 aliphatic carbocycles. The van der Waals surface area contributed by atoms with Crippen molar-refractivity contribution in [2.75, 3.05) is 11.9 Å². The fraction of sp³-hybridized carbons (Fsp3) is 0.250. The summed E-state index contributed by atoms with van der Waals surface area (Å²) in [5.41, 5.74) is 2.86. The van der Waals surface area contributed by atoms with Gasteiger partial charge in [0.1, 0.15) is 11.5 Å². The van der Waals surface area contributed by atoms with Gasteiger partial charge < -0.3 is 14.8 Å². The second-order valence-corrected chi connectivity index (χ2v) is 7.86. The second kappa shape index (κ2) is 10.4. The molecule has 0 saturated heterocycles. The Morgan fingerprint density at radius 2 is 1.67 bits per heavy atom. The zero-order valence-electron chi connectivity index (χ0n) is 17.3. The largest absolute Gasteiger partial charge is 0.457 e. The lowest BCUT2D eigenvalue weighted by Crippen LogP contribution is -2.16. The van der Waals surface area contributed by atoms with Crippen LogP contribution in [0.3, 0.4) is 0 Å². The Morgan fingerprint density at radius 3 is 2.27 bits per heavy atom. The molecule has 30 heavy (non-hydrogen) atoms. The number of rotatable bonds is 8. The number of halogens is 1. The maximum absolute atomic E-state index is 12.7. The van der Waals surface area contributed by atoms with Gasteiger partial charge in [-0.25, -0.2) is 0 Å². The molecule has 0 saturated carbocycles. The smallest absolute Gasteiger partial charge is 0.257 e. The van der Waals surface area contributed by atoms with E-state index in [1.165, 1.54) is 0 Å². The van der Waals surface area contributed by atoms with E-state index in [9.17, 15) is 4.79 Å². The highest BCUT2D eigenvalue weighted by Crippen LogP contribution is 2.25. The van der Waals surface area contributed by atoms with Crippen LogP contribution in [0.2, 0.25) is 0 Å². The van der Waals surface area contributed by atoms with E-state index < -0.39 is 0 Å². The third-order valence-electron chi connectivity index (χ3n) is 4.50. The minimum Gasteiger partial charge on any atom is -0.457 e. The lowest BCUT2D eigenvalue weighted by molar-refractivity contribution is 0.0761. The number of nitrogens with zero attached hydrogens (tertiary/aromatic N) is 1. The van der Waals surface area contributed by atoms with Gasteiger partial charge in [-0.3, -0.25) is 9.78 Å². The molecule has 5 nitrogen and oxygen atoms in total. The molecule has 0 aliphatic heterocycles. The molecule has 1 heterocycles.